The summed E-state index contributed by atoms with van der Waals surface area (Å²) in [6, 6.07) is 22.8. The van der Waals surface area contributed by atoms with Crippen LogP contribution in [0.5, 0.6) is 0 Å². The lowest BCUT2D eigenvalue weighted by Gasteiger charge is -2.35. The molecule has 1 saturated heterocycles. The minimum Gasteiger partial charge on any atom is -0.351 e. The third-order valence-corrected chi connectivity index (χ3v) is 6.79. The van der Waals surface area contributed by atoms with E-state index in [0.717, 1.165) is 11.3 Å². The third-order valence-electron chi connectivity index (χ3n) is 6.54. The molecule has 3 aromatic rings. The first kappa shape index (κ1) is 20.9. The molecule has 2 heterocycles. The molecule has 2 aliphatic heterocycles. The number of ketones is 1. The molecule has 1 fully saturated rings. The fourth-order valence-electron chi connectivity index (χ4n) is 5.06. The van der Waals surface area contributed by atoms with Crippen LogP contribution in [0.2, 0.25) is 5.02 Å². The Morgan fingerprint density at radius 1 is 0.970 bits per heavy atom. The summed E-state index contributed by atoms with van der Waals surface area (Å²) >= 11 is 6.03. The molecule has 0 amide bonds. The fraction of sp³-hybridized carbons (Fsp3) is 0.148. The molecule has 5 rings (SSSR count). The number of benzene rings is 3. The zero-order valence-corrected chi connectivity index (χ0v) is 18.1. The minimum atomic E-state index is -1.56. The van der Waals surface area contributed by atoms with Crippen LogP contribution in [0.15, 0.2) is 78.9 Å². The van der Waals surface area contributed by atoms with Crippen molar-refractivity contribution in [2.24, 2.45) is 5.41 Å². The lowest BCUT2D eigenvalue weighted by molar-refractivity contribution is 0.0951. The zero-order valence-electron chi connectivity index (χ0n) is 17.3. The normalized spacial score (nSPS) is 22.1. The van der Waals surface area contributed by atoms with E-state index in [-0.39, 0.29) is 5.78 Å². The van der Waals surface area contributed by atoms with Crippen LogP contribution in [0.25, 0.3) is 6.08 Å². The molecule has 3 atom stereocenters. The second-order valence-electron chi connectivity index (χ2n) is 8.21. The predicted molar refractivity (Wildman–Crippen MR) is 124 cm³/mol. The summed E-state index contributed by atoms with van der Waals surface area (Å²) in [6.45, 7) is 0. The maximum Gasteiger partial charge on any atom is 0.185 e. The van der Waals surface area contributed by atoms with E-state index in [9.17, 15) is 19.7 Å². The van der Waals surface area contributed by atoms with E-state index in [1.165, 1.54) is 12.1 Å². The quantitative estimate of drug-likeness (QED) is 0.472. The van der Waals surface area contributed by atoms with Crippen molar-refractivity contribution in [3.05, 3.63) is 106 Å². The first-order chi connectivity index (χ1) is 16.0. The van der Waals surface area contributed by atoms with E-state index < -0.39 is 29.2 Å². The molecule has 3 aromatic carbocycles. The number of para-hydroxylation sites is 1. The number of carbonyl (C=O) groups is 1. The van der Waals surface area contributed by atoms with Crippen molar-refractivity contribution >= 4 is 29.1 Å². The molecule has 33 heavy (non-hydrogen) atoms. The smallest absolute Gasteiger partial charge is 0.185 e. The van der Waals surface area contributed by atoms with Gasteiger partial charge in [0.05, 0.1) is 18.2 Å². The van der Waals surface area contributed by atoms with Crippen molar-refractivity contribution in [3.63, 3.8) is 0 Å². The number of hydrogen-bond acceptors (Lipinski definition) is 4. The van der Waals surface area contributed by atoms with E-state index in [4.69, 9.17) is 11.6 Å². The second-order valence-corrected chi connectivity index (χ2v) is 8.64. The van der Waals surface area contributed by atoms with Crippen LogP contribution < -0.4 is 4.90 Å². The molecule has 160 valence electrons. The highest BCUT2D eigenvalue weighted by molar-refractivity contribution is 6.30. The molecule has 4 nitrogen and oxygen atoms in total. The van der Waals surface area contributed by atoms with Gasteiger partial charge >= 0.3 is 0 Å². The summed E-state index contributed by atoms with van der Waals surface area (Å²) in [7, 11) is 0. The Hall–Kier alpha value is -3.93. The van der Waals surface area contributed by atoms with Gasteiger partial charge in [-0.2, -0.15) is 10.5 Å². The van der Waals surface area contributed by atoms with Gasteiger partial charge in [-0.15, -0.1) is 0 Å². The van der Waals surface area contributed by atoms with Gasteiger partial charge in [-0.05, 0) is 53.6 Å². The average molecular weight is 454 g/mol. The Morgan fingerprint density at radius 2 is 1.64 bits per heavy atom. The highest BCUT2D eigenvalue weighted by Crippen LogP contribution is 2.55. The molecule has 0 aliphatic carbocycles. The summed E-state index contributed by atoms with van der Waals surface area (Å²) in [6.07, 6.45) is 3.71. The number of Topliss-reactive ketones (excluding diaryl/α,β-unsaturated/α-hetero) is 1. The Morgan fingerprint density at radius 3 is 2.30 bits per heavy atom. The molecular weight excluding hydrogens is 437 g/mol. The van der Waals surface area contributed by atoms with Crippen molar-refractivity contribution in [1.29, 1.82) is 10.5 Å². The molecular formula is C27H17ClFN3O. The Bertz CT molecular complexity index is 1340. The lowest BCUT2D eigenvalue weighted by atomic mass is 9.69. The monoisotopic (exact) mass is 453 g/mol. The van der Waals surface area contributed by atoms with Crippen LogP contribution in [0.3, 0.4) is 0 Å². The van der Waals surface area contributed by atoms with Crippen molar-refractivity contribution in [3.8, 4) is 12.1 Å². The van der Waals surface area contributed by atoms with Crippen LogP contribution in [0.4, 0.5) is 10.1 Å². The number of fused-ring (bicyclic) bond motifs is 3. The first-order valence-electron chi connectivity index (χ1n) is 10.4. The maximum atomic E-state index is 14.0. The minimum absolute atomic E-state index is 0.233. The SMILES string of the molecule is N#CC1(C#N)[C@@H](c2ccc(F)cc2)[C@@H](C(=O)c2ccc(Cl)cc2)N2c3ccccc3C=C[C@@H]21. The molecule has 0 aromatic heterocycles. The maximum absolute atomic E-state index is 14.0. The molecule has 0 N–H and O–H groups in total. The van der Waals surface area contributed by atoms with Crippen molar-refractivity contribution in [2.75, 3.05) is 4.90 Å². The lowest BCUT2D eigenvalue weighted by Crippen LogP contribution is -2.44. The topological polar surface area (TPSA) is 67.9 Å². The third kappa shape index (κ3) is 3.13. The second kappa shape index (κ2) is 7.89. The van der Waals surface area contributed by atoms with Crippen LogP contribution in [-0.4, -0.2) is 17.9 Å². The fourth-order valence-corrected chi connectivity index (χ4v) is 5.19. The van der Waals surface area contributed by atoms with E-state index in [1.807, 2.05) is 41.3 Å². The number of nitriles is 2. The van der Waals surface area contributed by atoms with Gasteiger partial charge in [0, 0.05) is 22.2 Å². The van der Waals surface area contributed by atoms with Gasteiger partial charge in [0.25, 0.3) is 0 Å². The molecule has 6 heteroatoms. The number of halogens is 2. The molecule has 0 saturated carbocycles. The van der Waals surface area contributed by atoms with Crippen LogP contribution >= 0.6 is 11.6 Å². The highest BCUT2D eigenvalue weighted by Gasteiger charge is 2.63. The summed E-state index contributed by atoms with van der Waals surface area (Å²) < 4.78 is 13.8. The van der Waals surface area contributed by atoms with Gasteiger partial charge in [-0.25, -0.2) is 4.39 Å². The van der Waals surface area contributed by atoms with Crippen LogP contribution in [0.1, 0.15) is 27.4 Å². The number of anilines is 1. The average Bonchev–Trinajstić information content (AvgIpc) is 3.15. The number of rotatable bonds is 3. The Balaban J connectivity index is 1.78. The largest absolute Gasteiger partial charge is 0.351 e. The zero-order chi connectivity index (χ0) is 23.2. The highest BCUT2D eigenvalue weighted by atomic mass is 35.5. The Labute approximate surface area is 195 Å². The van der Waals surface area contributed by atoms with Crippen molar-refractivity contribution < 1.29 is 9.18 Å². The molecule has 0 spiro atoms. The van der Waals surface area contributed by atoms with Gasteiger partial charge < -0.3 is 4.90 Å². The summed E-state index contributed by atoms with van der Waals surface area (Å²) in [5.41, 5.74) is 1.10. The number of carbonyl (C=O) groups excluding carboxylic acids is 1. The Kier molecular flexibility index (Phi) is 5.01. The summed E-state index contributed by atoms with van der Waals surface area (Å²) in [4.78, 5) is 15.9. The van der Waals surface area contributed by atoms with E-state index in [1.54, 1.807) is 36.4 Å². The predicted octanol–water partition coefficient (Wildman–Crippen LogP) is 5.76. The standard InChI is InChI=1S/C27H17ClFN3O/c28-20-10-5-19(6-11-20)26(33)25-24(18-7-12-21(29)13-8-18)27(15-30,16-31)23-14-9-17-3-1-2-4-22(17)32(23)25/h1-14,23-25H/t23-,24+,25+/m1/s1. The van der Waals surface area contributed by atoms with Crippen LogP contribution in [-0.2, 0) is 0 Å². The summed E-state index contributed by atoms with van der Waals surface area (Å²) in [5, 5.41) is 21.2. The van der Waals surface area contributed by atoms with Crippen LogP contribution in [0, 0.1) is 33.9 Å². The molecule has 2 aliphatic rings. The molecule has 0 radical (unpaired) electrons. The molecule has 0 unspecified atom stereocenters. The number of hydrogen-bond donors (Lipinski definition) is 0. The first-order valence-corrected chi connectivity index (χ1v) is 10.8. The van der Waals surface area contributed by atoms with E-state index in [0.29, 0.717) is 16.1 Å². The summed E-state index contributed by atoms with van der Waals surface area (Å²) in [5.74, 6) is -1.47. The van der Waals surface area contributed by atoms with Crippen molar-refractivity contribution in [1.82, 2.24) is 0 Å². The van der Waals surface area contributed by atoms with Gasteiger partial charge in [-0.1, -0.05) is 54.1 Å². The van der Waals surface area contributed by atoms with Gasteiger partial charge in [0.15, 0.2) is 11.2 Å². The van der Waals surface area contributed by atoms with Crippen molar-refractivity contribution in [2.45, 2.75) is 18.0 Å². The van der Waals surface area contributed by atoms with Gasteiger partial charge in [0.2, 0.25) is 0 Å². The van der Waals surface area contributed by atoms with E-state index in [2.05, 4.69) is 12.1 Å². The molecule has 0 bridgehead atoms. The van der Waals surface area contributed by atoms with E-state index >= 15 is 0 Å². The number of nitrogens with zero attached hydrogens (tertiary/aromatic N) is 3. The van der Waals surface area contributed by atoms with Gasteiger partial charge in [-0.3, -0.25) is 4.79 Å². The van der Waals surface area contributed by atoms with Gasteiger partial charge in [0.1, 0.15) is 11.9 Å².